The maximum atomic E-state index is 10.3. The SMILES string of the molecule is Cc1ccc(O)c([C@H](N)[C@H](O)C2CCCC2)c1.Cl. The minimum Gasteiger partial charge on any atom is -0.508 e. The van der Waals surface area contributed by atoms with Crippen molar-refractivity contribution in [1.82, 2.24) is 0 Å². The van der Waals surface area contributed by atoms with Crippen molar-refractivity contribution in [2.45, 2.75) is 44.8 Å². The molecule has 4 N–H and O–H groups in total. The summed E-state index contributed by atoms with van der Waals surface area (Å²) in [6.07, 6.45) is 3.89. The van der Waals surface area contributed by atoms with Crippen molar-refractivity contribution in [3.8, 4) is 5.75 Å². The van der Waals surface area contributed by atoms with Crippen molar-refractivity contribution in [2.24, 2.45) is 11.7 Å². The van der Waals surface area contributed by atoms with Gasteiger partial charge in [-0.3, -0.25) is 0 Å². The highest BCUT2D eigenvalue weighted by Gasteiger charge is 2.29. The minimum atomic E-state index is -0.551. The predicted octanol–water partition coefficient (Wildman–Crippen LogP) is 2.67. The molecule has 0 bridgehead atoms. The first-order valence-electron chi connectivity index (χ1n) is 6.33. The van der Waals surface area contributed by atoms with E-state index in [1.165, 1.54) is 12.8 Å². The molecule has 18 heavy (non-hydrogen) atoms. The van der Waals surface area contributed by atoms with Gasteiger partial charge in [-0.15, -0.1) is 12.4 Å². The second kappa shape index (κ2) is 6.41. The van der Waals surface area contributed by atoms with Gasteiger partial charge >= 0.3 is 0 Å². The summed E-state index contributed by atoms with van der Waals surface area (Å²) in [5.74, 6) is 0.463. The van der Waals surface area contributed by atoms with Crippen LogP contribution in [0.1, 0.15) is 42.9 Å². The zero-order valence-corrected chi connectivity index (χ0v) is 11.5. The van der Waals surface area contributed by atoms with Gasteiger partial charge in [-0.25, -0.2) is 0 Å². The van der Waals surface area contributed by atoms with Crippen LogP contribution in [0.4, 0.5) is 0 Å². The second-order valence-corrected chi connectivity index (χ2v) is 5.12. The summed E-state index contributed by atoms with van der Waals surface area (Å²) in [4.78, 5) is 0. The topological polar surface area (TPSA) is 66.5 Å². The first-order chi connectivity index (χ1) is 8.09. The summed E-state index contributed by atoms with van der Waals surface area (Å²) in [7, 11) is 0. The highest BCUT2D eigenvalue weighted by atomic mass is 35.5. The van der Waals surface area contributed by atoms with Crippen LogP contribution in [0.15, 0.2) is 18.2 Å². The van der Waals surface area contributed by atoms with E-state index in [1.54, 1.807) is 6.07 Å². The van der Waals surface area contributed by atoms with Crippen molar-refractivity contribution in [3.63, 3.8) is 0 Å². The molecular weight excluding hydrogens is 250 g/mol. The summed E-state index contributed by atoms with van der Waals surface area (Å²) in [6, 6.07) is 4.86. The lowest BCUT2D eigenvalue weighted by atomic mass is 9.90. The Morgan fingerprint density at radius 2 is 1.89 bits per heavy atom. The Morgan fingerprint density at radius 3 is 2.50 bits per heavy atom. The lowest BCUT2D eigenvalue weighted by molar-refractivity contribution is 0.0836. The maximum Gasteiger partial charge on any atom is 0.120 e. The molecular formula is C14H22ClNO2. The van der Waals surface area contributed by atoms with Crippen LogP contribution in [0.5, 0.6) is 5.75 Å². The molecule has 0 aromatic heterocycles. The summed E-state index contributed by atoms with van der Waals surface area (Å²) in [5.41, 5.74) is 7.78. The molecule has 3 nitrogen and oxygen atoms in total. The highest BCUT2D eigenvalue weighted by molar-refractivity contribution is 5.85. The van der Waals surface area contributed by atoms with Crippen LogP contribution < -0.4 is 5.73 Å². The molecule has 102 valence electrons. The van der Waals surface area contributed by atoms with Crippen molar-refractivity contribution >= 4 is 12.4 Å². The van der Waals surface area contributed by atoms with E-state index in [4.69, 9.17) is 5.73 Å². The van der Waals surface area contributed by atoms with Gasteiger partial charge in [-0.05, 0) is 31.7 Å². The molecule has 1 aromatic rings. The quantitative estimate of drug-likeness (QED) is 0.792. The minimum absolute atomic E-state index is 0. The van der Waals surface area contributed by atoms with E-state index in [1.807, 2.05) is 19.1 Å². The summed E-state index contributed by atoms with van der Waals surface area (Å²) in [5, 5.41) is 20.1. The smallest absolute Gasteiger partial charge is 0.120 e. The molecule has 2 atom stereocenters. The van der Waals surface area contributed by atoms with Crippen molar-refractivity contribution in [1.29, 1.82) is 0 Å². The number of aryl methyl sites for hydroxylation is 1. The van der Waals surface area contributed by atoms with Gasteiger partial charge in [0.1, 0.15) is 5.75 Å². The van der Waals surface area contributed by atoms with Gasteiger partial charge in [-0.1, -0.05) is 30.5 Å². The van der Waals surface area contributed by atoms with Gasteiger partial charge in [0.05, 0.1) is 12.1 Å². The number of phenols is 1. The largest absolute Gasteiger partial charge is 0.508 e. The Balaban J connectivity index is 0.00000162. The van der Waals surface area contributed by atoms with E-state index in [-0.39, 0.29) is 24.1 Å². The Kier molecular flexibility index (Phi) is 5.45. The van der Waals surface area contributed by atoms with Crippen LogP contribution in [0.3, 0.4) is 0 Å². The highest BCUT2D eigenvalue weighted by Crippen LogP contribution is 2.35. The Bertz CT molecular complexity index is 391. The van der Waals surface area contributed by atoms with E-state index >= 15 is 0 Å². The average Bonchev–Trinajstić information content (AvgIpc) is 2.84. The number of aliphatic hydroxyl groups is 1. The van der Waals surface area contributed by atoms with Crippen LogP contribution in [0.25, 0.3) is 0 Å². The van der Waals surface area contributed by atoms with Crippen LogP contribution in [0.2, 0.25) is 0 Å². The van der Waals surface area contributed by atoms with E-state index in [9.17, 15) is 10.2 Å². The van der Waals surface area contributed by atoms with E-state index in [0.717, 1.165) is 18.4 Å². The third kappa shape index (κ3) is 3.16. The molecule has 2 rings (SSSR count). The van der Waals surface area contributed by atoms with Gasteiger partial charge < -0.3 is 15.9 Å². The number of hydrogen-bond acceptors (Lipinski definition) is 3. The molecule has 0 unspecified atom stereocenters. The second-order valence-electron chi connectivity index (χ2n) is 5.12. The summed E-state index contributed by atoms with van der Waals surface area (Å²) >= 11 is 0. The number of hydrogen-bond donors (Lipinski definition) is 3. The molecule has 0 amide bonds. The Labute approximate surface area is 114 Å². The number of phenolic OH excluding ortho intramolecular Hbond substituents is 1. The van der Waals surface area contributed by atoms with Gasteiger partial charge in [0.2, 0.25) is 0 Å². The predicted molar refractivity (Wildman–Crippen MR) is 75.0 cm³/mol. The molecule has 0 spiro atoms. The molecule has 4 heteroatoms. The number of benzene rings is 1. The normalized spacial score (nSPS) is 19.3. The Hall–Kier alpha value is -0.770. The maximum absolute atomic E-state index is 10.3. The first kappa shape index (κ1) is 15.3. The number of aliphatic hydroxyl groups excluding tert-OH is 1. The standard InChI is InChI=1S/C14H21NO2.ClH/c1-9-6-7-12(16)11(8-9)13(15)14(17)10-4-2-3-5-10;/h6-8,10,13-14,16-17H,2-5,15H2,1H3;1H/t13-,14+;/m0./s1. The summed E-state index contributed by atoms with van der Waals surface area (Å²) in [6.45, 7) is 1.96. The third-order valence-electron chi connectivity index (χ3n) is 3.79. The zero-order chi connectivity index (χ0) is 12.4. The molecule has 0 aliphatic heterocycles. The fraction of sp³-hybridized carbons (Fsp3) is 0.571. The third-order valence-corrected chi connectivity index (χ3v) is 3.79. The fourth-order valence-corrected chi connectivity index (χ4v) is 2.72. The Morgan fingerprint density at radius 1 is 1.28 bits per heavy atom. The zero-order valence-electron chi connectivity index (χ0n) is 10.7. The lowest BCUT2D eigenvalue weighted by Crippen LogP contribution is -2.32. The monoisotopic (exact) mass is 271 g/mol. The molecule has 1 aromatic carbocycles. The van der Waals surface area contributed by atoms with E-state index < -0.39 is 12.1 Å². The fourth-order valence-electron chi connectivity index (χ4n) is 2.72. The van der Waals surface area contributed by atoms with Gasteiger partial charge in [0.15, 0.2) is 0 Å². The number of halogens is 1. The van der Waals surface area contributed by atoms with Crippen LogP contribution >= 0.6 is 12.4 Å². The van der Waals surface area contributed by atoms with Gasteiger partial charge in [0, 0.05) is 5.56 Å². The van der Waals surface area contributed by atoms with Crippen LogP contribution in [-0.4, -0.2) is 16.3 Å². The van der Waals surface area contributed by atoms with Crippen LogP contribution in [0, 0.1) is 12.8 Å². The molecule has 1 saturated carbocycles. The van der Waals surface area contributed by atoms with E-state index in [0.29, 0.717) is 5.56 Å². The van der Waals surface area contributed by atoms with Crippen molar-refractivity contribution < 1.29 is 10.2 Å². The van der Waals surface area contributed by atoms with Crippen molar-refractivity contribution in [3.05, 3.63) is 29.3 Å². The molecule has 0 radical (unpaired) electrons. The van der Waals surface area contributed by atoms with Crippen LogP contribution in [-0.2, 0) is 0 Å². The van der Waals surface area contributed by atoms with Gasteiger partial charge in [0.25, 0.3) is 0 Å². The van der Waals surface area contributed by atoms with Gasteiger partial charge in [-0.2, -0.15) is 0 Å². The number of aromatic hydroxyl groups is 1. The van der Waals surface area contributed by atoms with E-state index in [2.05, 4.69) is 0 Å². The molecule has 1 aliphatic carbocycles. The molecule has 1 fully saturated rings. The molecule has 0 saturated heterocycles. The number of rotatable bonds is 3. The summed E-state index contributed by atoms with van der Waals surface area (Å²) < 4.78 is 0. The lowest BCUT2D eigenvalue weighted by Gasteiger charge is -2.25. The van der Waals surface area contributed by atoms with Crippen molar-refractivity contribution in [2.75, 3.05) is 0 Å². The number of nitrogens with two attached hydrogens (primary N) is 1. The first-order valence-corrected chi connectivity index (χ1v) is 6.33. The molecule has 1 aliphatic rings. The molecule has 0 heterocycles. The average molecular weight is 272 g/mol.